The maximum absolute atomic E-state index is 8.39. The van der Waals surface area contributed by atoms with Crippen molar-refractivity contribution in [2.24, 2.45) is 5.34 Å². The quantitative estimate of drug-likeness (QED) is 0.260. The number of nitrogens with one attached hydrogen (secondary N) is 2. The number of aromatic nitrogens is 4. The van der Waals surface area contributed by atoms with E-state index < -0.39 is 0 Å². The highest BCUT2D eigenvalue weighted by atomic mass is 17.2. The molecule has 0 fully saturated rings. The Kier molecular flexibility index (Phi) is 5.31. The molecular weight excluding hydrogens is 130 g/mol. The lowest BCUT2D eigenvalue weighted by Gasteiger charge is -1.83. The van der Waals surface area contributed by atoms with Crippen LogP contribution in [-0.4, -0.2) is 15.5 Å². The third-order valence-electron chi connectivity index (χ3n) is 0.325. The van der Waals surface area contributed by atoms with Crippen LogP contribution in [0.25, 0.3) is 0 Å². The number of H-pyrrole nitrogens is 2. The van der Waals surface area contributed by atoms with Gasteiger partial charge < -0.3 is 10.2 Å². The summed E-state index contributed by atoms with van der Waals surface area (Å²) in [6, 6.07) is 0. The lowest BCUT2D eigenvalue weighted by Crippen LogP contribution is -1.97. The maximum atomic E-state index is 8.39. The van der Waals surface area contributed by atoms with Crippen LogP contribution in [0, 0.1) is 4.91 Å². The van der Waals surface area contributed by atoms with E-state index >= 15 is 0 Å². The second-order valence-corrected chi connectivity index (χ2v) is 0.750. The van der Waals surface area contributed by atoms with Gasteiger partial charge in [-0.2, -0.15) is 5.10 Å². The van der Waals surface area contributed by atoms with Crippen molar-refractivity contribution in [3.63, 3.8) is 0 Å². The van der Waals surface area contributed by atoms with E-state index in [1.165, 1.54) is 11.7 Å². The molecule has 0 aliphatic rings. The molecule has 0 radical (unpaired) electrons. The molecule has 0 aliphatic heterocycles. The van der Waals surface area contributed by atoms with Crippen LogP contribution < -0.4 is 10.4 Å². The lowest BCUT2D eigenvalue weighted by molar-refractivity contribution is -0.692. The van der Waals surface area contributed by atoms with E-state index in [4.69, 9.17) is 10.2 Å². The van der Waals surface area contributed by atoms with Crippen molar-refractivity contribution in [1.82, 2.24) is 15.5 Å². The highest BCUT2D eigenvalue weighted by Crippen LogP contribution is 1.43. The Balaban J connectivity index is 0.000000148. The van der Waals surface area contributed by atoms with Crippen molar-refractivity contribution in [1.29, 1.82) is 0 Å². The first-order valence-corrected chi connectivity index (χ1v) is 1.75. The Morgan fingerprint density at radius 3 is 2.67 bits per heavy atom. The van der Waals surface area contributed by atoms with E-state index in [0.29, 0.717) is 0 Å². The summed E-state index contributed by atoms with van der Waals surface area (Å²) in [6.45, 7) is 0. The molecule has 2 N–H and O–H groups in total. The predicted molar refractivity (Wildman–Crippen MR) is 19.8 cm³/mol. The van der Waals surface area contributed by atoms with Gasteiger partial charge >= 0.3 is 0 Å². The highest BCUT2D eigenvalue weighted by molar-refractivity contribution is 4.06. The summed E-state index contributed by atoms with van der Waals surface area (Å²) in [4.78, 5) is 10.8. The second-order valence-electron chi connectivity index (χ2n) is 0.750. The van der Waals surface area contributed by atoms with Crippen LogP contribution in [0.3, 0.4) is 0 Å². The van der Waals surface area contributed by atoms with Crippen LogP contribution in [0.1, 0.15) is 0 Å². The zero-order valence-corrected chi connectivity index (χ0v) is 4.14. The zero-order chi connectivity index (χ0) is 6.95. The van der Waals surface area contributed by atoms with Crippen molar-refractivity contribution < 1.29 is 15.3 Å². The topological polar surface area (TPSA) is 117 Å². The van der Waals surface area contributed by atoms with Gasteiger partial charge in [0.1, 0.15) is 10.4 Å². The summed E-state index contributed by atoms with van der Waals surface area (Å²) in [6.07, 6.45) is 1.46. The normalized spacial score (nSPS) is 6.78. The Hall–Kier alpha value is -1.57. The number of tetrazole rings is 1. The van der Waals surface area contributed by atoms with Gasteiger partial charge in [-0.15, -0.1) is 4.91 Å². The molecule has 50 valence electrons. The summed E-state index contributed by atoms with van der Waals surface area (Å²) in [5.74, 6) is 0. The van der Waals surface area contributed by atoms with Gasteiger partial charge in [0, 0.05) is 0 Å². The molecule has 1 rings (SSSR count). The van der Waals surface area contributed by atoms with E-state index in [2.05, 4.69) is 25.6 Å². The standard InChI is InChI=1S/CH2N4.HNO3/c1-2-4-5-3-1;2-1-4-3/h1H,(H,2,3,4,5);3H. The zero-order valence-electron chi connectivity index (χ0n) is 4.14. The minimum absolute atomic E-state index is 1.43. The molecule has 0 saturated carbocycles. The number of hydrogen-bond acceptors (Lipinski definition) is 6. The molecule has 0 bridgehead atoms. The molecule has 0 saturated heterocycles. The molecule has 0 aliphatic carbocycles. The minimum atomic E-state index is 1.43. The summed E-state index contributed by atoms with van der Waals surface area (Å²) in [5, 5.41) is 21.3. The fourth-order valence-corrected chi connectivity index (χ4v) is 0.144. The van der Waals surface area contributed by atoms with E-state index in [-0.39, 0.29) is 0 Å². The Morgan fingerprint density at radius 2 is 2.56 bits per heavy atom. The molecule has 0 amide bonds. The first-order valence-electron chi connectivity index (χ1n) is 1.75. The number of hydrogen-bond donors (Lipinski definition) is 1. The molecular formula is CH3N5O3. The summed E-state index contributed by atoms with van der Waals surface area (Å²) >= 11 is 0. The maximum Gasteiger partial charge on any atom is 0.286 e. The molecule has 1 heterocycles. The predicted octanol–water partition coefficient (Wildman–Crippen LogP) is -2.42. The second kappa shape index (κ2) is 6.43. The molecule has 0 atom stereocenters. The lowest BCUT2D eigenvalue weighted by atomic mass is 11.4. The number of nitrogens with zero attached hydrogens (tertiary/aromatic N) is 3. The molecule has 1 aromatic heterocycles. The monoisotopic (exact) mass is 133 g/mol. The summed E-state index contributed by atoms with van der Waals surface area (Å²) in [5.41, 5.74) is 0. The first-order chi connectivity index (χ1) is 4.41. The van der Waals surface area contributed by atoms with E-state index in [9.17, 15) is 0 Å². The highest BCUT2D eigenvalue weighted by Gasteiger charge is 1.71. The molecule has 9 heavy (non-hydrogen) atoms. The molecule has 0 spiro atoms. The Labute approximate surface area is 48.7 Å². The van der Waals surface area contributed by atoms with E-state index in [1.54, 1.807) is 0 Å². The largest absolute Gasteiger partial charge is 0.635 e. The number of rotatable bonds is 1. The van der Waals surface area contributed by atoms with Crippen LogP contribution in [0.4, 0.5) is 0 Å². The first kappa shape index (κ1) is 7.43. The third kappa shape index (κ3) is 6.43. The summed E-state index contributed by atoms with van der Waals surface area (Å²) < 4.78 is 0. The minimum Gasteiger partial charge on any atom is -0.635 e. The van der Waals surface area contributed by atoms with Crippen molar-refractivity contribution in [3.05, 3.63) is 11.2 Å². The van der Waals surface area contributed by atoms with Crippen molar-refractivity contribution in [2.45, 2.75) is 0 Å². The average Bonchev–Trinajstić information content (AvgIpc) is 2.43. The van der Waals surface area contributed by atoms with Crippen LogP contribution in [0.15, 0.2) is 11.7 Å². The van der Waals surface area contributed by atoms with Crippen molar-refractivity contribution >= 4 is 0 Å². The van der Waals surface area contributed by atoms with Gasteiger partial charge in [0.05, 0.1) is 0 Å². The van der Waals surface area contributed by atoms with E-state index in [0.717, 1.165) is 0 Å². The summed E-state index contributed by atoms with van der Waals surface area (Å²) in [7, 11) is 0. The van der Waals surface area contributed by atoms with Gasteiger partial charge in [-0.1, -0.05) is 5.21 Å². The van der Waals surface area contributed by atoms with Crippen LogP contribution in [0.5, 0.6) is 0 Å². The van der Waals surface area contributed by atoms with Gasteiger partial charge in [0.15, 0.2) is 5.21 Å². The Bertz CT molecular complexity index is 110. The van der Waals surface area contributed by atoms with Gasteiger partial charge in [-0.3, -0.25) is 0 Å². The molecule has 8 nitrogen and oxygen atoms in total. The third-order valence-corrected chi connectivity index (χ3v) is 0.325. The van der Waals surface area contributed by atoms with E-state index in [1.807, 2.05) is 0 Å². The molecule has 8 heteroatoms. The van der Waals surface area contributed by atoms with Crippen LogP contribution >= 0.6 is 0 Å². The van der Waals surface area contributed by atoms with Crippen molar-refractivity contribution in [2.75, 3.05) is 0 Å². The SMILES string of the molecule is O=NO[O-].c1nn[nH][nH+]1. The molecule has 0 unspecified atom stereocenters. The van der Waals surface area contributed by atoms with Gasteiger partial charge in [-0.05, 0) is 0 Å². The fourth-order valence-electron chi connectivity index (χ4n) is 0.144. The molecule has 0 aromatic carbocycles. The van der Waals surface area contributed by atoms with Crippen molar-refractivity contribution in [3.8, 4) is 0 Å². The van der Waals surface area contributed by atoms with Crippen LogP contribution in [0.2, 0.25) is 0 Å². The average molecular weight is 133 g/mol. The molecule has 1 aromatic rings. The smallest absolute Gasteiger partial charge is 0.286 e. The van der Waals surface area contributed by atoms with Crippen LogP contribution in [-0.2, 0) is 4.99 Å². The van der Waals surface area contributed by atoms with Gasteiger partial charge in [-0.25, -0.2) is 0 Å². The Morgan fingerprint density at radius 1 is 1.89 bits per heavy atom. The van der Waals surface area contributed by atoms with Gasteiger partial charge in [0.2, 0.25) is 0 Å². The number of aromatic amines is 2. The van der Waals surface area contributed by atoms with Gasteiger partial charge in [0.25, 0.3) is 6.33 Å². The fraction of sp³-hybridized carbons (Fsp3) is 0.